The maximum absolute atomic E-state index is 12.6. The van der Waals surface area contributed by atoms with E-state index in [0.29, 0.717) is 29.5 Å². The lowest BCUT2D eigenvalue weighted by Crippen LogP contribution is -2.20. The number of halogens is 1. The molecule has 34 heavy (non-hydrogen) atoms. The number of benzene rings is 3. The van der Waals surface area contributed by atoms with Crippen LogP contribution in [0.3, 0.4) is 0 Å². The number of allylic oxidation sites excluding steroid dienone is 1. The molecule has 0 aliphatic carbocycles. The fourth-order valence-corrected chi connectivity index (χ4v) is 4.00. The molecule has 0 fully saturated rings. The zero-order chi connectivity index (χ0) is 24.1. The van der Waals surface area contributed by atoms with Crippen molar-refractivity contribution in [2.75, 3.05) is 13.7 Å². The minimum Gasteiger partial charge on any atom is -0.497 e. The second-order valence-electron chi connectivity index (χ2n) is 7.80. The highest BCUT2D eigenvalue weighted by Gasteiger charge is 2.16. The Labute approximate surface area is 203 Å². The van der Waals surface area contributed by atoms with Crippen molar-refractivity contribution < 1.29 is 18.7 Å². The van der Waals surface area contributed by atoms with Crippen LogP contribution >= 0.6 is 11.6 Å². The Morgan fingerprint density at radius 3 is 2.71 bits per heavy atom. The third-order valence-corrected chi connectivity index (χ3v) is 5.91. The summed E-state index contributed by atoms with van der Waals surface area (Å²) in [6.07, 6.45) is 3.31. The first-order valence-electron chi connectivity index (χ1n) is 11.0. The fourth-order valence-electron chi connectivity index (χ4n) is 3.80. The SMILES string of the molecule is CCOc1cc2occ(-c3cccc(OC)c3)c2cc1/C(C)=C/C(=O)NCc1ccccc1Cl. The molecule has 1 heterocycles. The van der Waals surface area contributed by atoms with Gasteiger partial charge in [0.15, 0.2) is 0 Å². The second kappa shape index (κ2) is 10.5. The normalized spacial score (nSPS) is 11.5. The predicted molar refractivity (Wildman–Crippen MR) is 136 cm³/mol. The van der Waals surface area contributed by atoms with Crippen molar-refractivity contribution in [2.45, 2.75) is 20.4 Å². The van der Waals surface area contributed by atoms with Gasteiger partial charge in [0.05, 0.1) is 20.0 Å². The number of methoxy groups -OCH3 is 1. The number of hydrogen-bond acceptors (Lipinski definition) is 4. The zero-order valence-electron chi connectivity index (χ0n) is 19.4. The molecule has 0 saturated heterocycles. The average Bonchev–Trinajstić information content (AvgIpc) is 3.26. The predicted octanol–water partition coefficient (Wildman–Crippen LogP) is 6.88. The van der Waals surface area contributed by atoms with Crippen LogP contribution < -0.4 is 14.8 Å². The minimum absolute atomic E-state index is 0.208. The minimum atomic E-state index is -0.208. The summed E-state index contributed by atoms with van der Waals surface area (Å²) >= 11 is 6.19. The Hall–Kier alpha value is -3.70. The van der Waals surface area contributed by atoms with Gasteiger partial charge >= 0.3 is 0 Å². The molecule has 174 valence electrons. The first-order chi connectivity index (χ1) is 16.5. The van der Waals surface area contributed by atoms with E-state index < -0.39 is 0 Å². The number of rotatable bonds is 8. The van der Waals surface area contributed by atoms with Gasteiger partial charge < -0.3 is 19.2 Å². The first kappa shape index (κ1) is 23.5. The number of furan rings is 1. The number of carbonyl (C=O) groups is 1. The number of amides is 1. The summed E-state index contributed by atoms with van der Waals surface area (Å²) in [5.41, 5.74) is 5.09. The molecular weight excluding hydrogens is 450 g/mol. The van der Waals surface area contributed by atoms with Gasteiger partial charge in [0, 0.05) is 40.2 Å². The second-order valence-corrected chi connectivity index (χ2v) is 8.20. The highest BCUT2D eigenvalue weighted by atomic mass is 35.5. The van der Waals surface area contributed by atoms with Gasteiger partial charge in [0.25, 0.3) is 0 Å². The molecule has 1 N–H and O–H groups in total. The lowest BCUT2D eigenvalue weighted by atomic mass is 9.99. The molecule has 4 rings (SSSR count). The van der Waals surface area contributed by atoms with Crippen LogP contribution in [0.2, 0.25) is 5.02 Å². The molecule has 0 aliphatic rings. The number of hydrogen-bond donors (Lipinski definition) is 1. The molecule has 4 aromatic rings. The highest BCUT2D eigenvalue weighted by molar-refractivity contribution is 6.31. The lowest BCUT2D eigenvalue weighted by molar-refractivity contribution is -0.116. The van der Waals surface area contributed by atoms with E-state index in [1.807, 2.05) is 68.4 Å². The summed E-state index contributed by atoms with van der Waals surface area (Å²) in [7, 11) is 1.64. The summed E-state index contributed by atoms with van der Waals surface area (Å²) < 4.78 is 17.1. The topological polar surface area (TPSA) is 60.7 Å². The van der Waals surface area contributed by atoms with Crippen LogP contribution in [0, 0.1) is 0 Å². The van der Waals surface area contributed by atoms with Crippen LogP contribution in [0.4, 0.5) is 0 Å². The third-order valence-electron chi connectivity index (χ3n) is 5.54. The van der Waals surface area contributed by atoms with E-state index in [0.717, 1.165) is 39.0 Å². The van der Waals surface area contributed by atoms with Crippen molar-refractivity contribution in [3.8, 4) is 22.6 Å². The molecule has 0 bridgehead atoms. The molecule has 3 aromatic carbocycles. The maximum atomic E-state index is 12.6. The molecule has 0 saturated carbocycles. The smallest absolute Gasteiger partial charge is 0.244 e. The van der Waals surface area contributed by atoms with Gasteiger partial charge in [-0.05, 0) is 54.8 Å². The van der Waals surface area contributed by atoms with Crippen LogP contribution in [0.25, 0.3) is 27.7 Å². The number of nitrogens with one attached hydrogen (secondary N) is 1. The molecule has 0 atom stereocenters. The van der Waals surface area contributed by atoms with Crippen LogP contribution in [0.15, 0.2) is 77.4 Å². The molecule has 1 amide bonds. The van der Waals surface area contributed by atoms with Gasteiger partial charge in [-0.3, -0.25) is 4.79 Å². The van der Waals surface area contributed by atoms with Gasteiger partial charge in [-0.25, -0.2) is 0 Å². The van der Waals surface area contributed by atoms with E-state index in [9.17, 15) is 4.79 Å². The molecule has 1 aromatic heterocycles. The maximum Gasteiger partial charge on any atom is 0.244 e. The van der Waals surface area contributed by atoms with Gasteiger partial charge in [-0.15, -0.1) is 0 Å². The third kappa shape index (κ3) is 5.10. The van der Waals surface area contributed by atoms with Crippen LogP contribution in [-0.4, -0.2) is 19.6 Å². The lowest BCUT2D eigenvalue weighted by Gasteiger charge is -2.12. The quantitative estimate of drug-likeness (QED) is 0.282. The van der Waals surface area contributed by atoms with Gasteiger partial charge in [0.1, 0.15) is 17.1 Å². The van der Waals surface area contributed by atoms with Crippen molar-refractivity contribution in [1.82, 2.24) is 5.32 Å². The van der Waals surface area contributed by atoms with E-state index in [1.165, 1.54) is 0 Å². The van der Waals surface area contributed by atoms with Gasteiger partial charge in [-0.2, -0.15) is 0 Å². The average molecular weight is 476 g/mol. The molecule has 0 spiro atoms. The van der Waals surface area contributed by atoms with Crippen LogP contribution in [0.5, 0.6) is 11.5 Å². The summed E-state index contributed by atoms with van der Waals surface area (Å²) in [6, 6.07) is 19.1. The fraction of sp³-hybridized carbons (Fsp3) is 0.179. The summed E-state index contributed by atoms with van der Waals surface area (Å²) in [5, 5.41) is 4.45. The van der Waals surface area contributed by atoms with E-state index in [1.54, 1.807) is 25.5 Å². The largest absolute Gasteiger partial charge is 0.497 e. The Bertz CT molecular complexity index is 1360. The van der Waals surface area contributed by atoms with Gasteiger partial charge in [0.2, 0.25) is 5.91 Å². The van der Waals surface area contributed by atoms with Crippen molar-refractivity contribution in [2.24, 2.45) is 0 Å². The Kier molecular flexibility index (Phi) is 7.24. The number of fused-ring (bicyclic) bond motifs is 1. The molecule has 6 heteroatoms. The number of ether oxygens (including phenoxy) is 2. The van der Waals surface area contributed by atoms with Gasteiger partial charge in [-0.1, -0.05) is 41.9 Å². The molecule has 0 unspecified atom stereocenters. The molecule has 0 aliphatic heterocycles. The first-order valence-corrected chi connectivity index (χ1v) is 11.4. The van der Waals surface area contributed by atoms with E-state index in [2.05, 4.69) is 5.32 Å². The van der Waals surface area contributed by atoms with Crippen molar-refractivity contribution in [3.63, 3.8) is 0 Å². The van der Waals surface area contributed by atoms with E-state index in [-0.39, 0.29) is 5.91 Å². The summed E-state index contributed by atoms with van der Waals surface area (Å²) in [6.45, 7) is 4.66. The Morgan fingerprint density at radius 2 is 1.94 bits per heavy atom. The molecule has 0 radical (unpaired) electrons. The van der Waals surface area contributed by atoms with E-state index >= 15 is 0 Å². The molecular formula is C28H26ClNO4. The van der Waals surface area contributed by atoms with E-state index in [4.69, 9.17) is 25.5 Å². The molecule has 5 nitrogen and oxygen atoms in total. The summed E-state index contributed by atoms with van der Waals surface area (Å²) in [5.74, 6) is 1.22. The zero-order valence-corrected chi connectivity index (χ0v) is 20.1. The number of carbonyl (C=O) groups excluding carboxylic acids is 1. The van der Waals surface area contributed by atoms with Crippen molar-refractivity contribution >= 4 is 34.1 Å². The Balaban J connectivity index is 1.67. The standard InChI is InChI=1S/C28H26ClNO4/c1-4-33-26-15-27-23(24(17-34-27)19-9-7-10-21(13-19)32-3)14-22(26)18(2)12-28(31)30-16-20-8-5-6-11-25(20)29/h5-15,17H,4,16H2,1-3H3,(H,30,31)/b18-12+. The summed E-state index contributed by atoms with van der Waals surface area (Å²) in [4.78, 5) is 12.6. The highest BCUT2D eigenvalue weighted by Crippen LogP contribution is 2.38. The Morgan fingerprint density at radius 1 is 1.12 bits per heavy atom. The monoisotopic (exact) mass is 475 g/mol. The van der Waals surface area contributed by atoms with Crippen molar-refractivity contribution in [3.05, 3.63) is 89.2 Å². The van der Waals surface area contributed by atoms with Crippen LogP contribution in [-0.2, 0) is 11.3 Å². The van der Waals surface area contributed by atoms with Crippen molar-refractivity contribution in [1.29, 1.82) is 0 Å². The van der Waals surface area contributed by atoms with Crippen LogP contribution in [0.1, 0.15) is 25.0 Å².